The molecule has 0 saturated carbocycles. The number of H-pyrrole nitrogens is 1. The molecule has 32 heavy (non-hydrogen) atoms. The molecule has 0 atom stereocenters. The Morgan fingerprint density at radius 1 is 1.25 bits per heavy atom. The molecule has 3 aromatic rings. The van der Waals surface area contributed by atoms with Crippen molar-refractivity contribution in [3.63, 3.8) is 0 Å². The minimum Gasteiger partial charge on any atom is -0.454 e. The van der Waals surface area contributed by atoms with Crippen LogP contribution in [0.15, 0.2) is 29.3 Å². The number of esters is 1. The van der Waals surface area contributed by atoms with Crippen molar-refractivity contribution in [1.29, 1.82) is 0 Å². The average molecular weight is 467 g/mol. The third-order valence-corrected chi connectivity index (χ3v) is 6.18. The summed E-state index contributed by atoms with van der Waals surface area (Å²) >= 11 is 1.30. The van der Waals surface area contributed by atoms with Crippen LogP contribution in [0.4, 0.5) is 23.2 Å². The van der Waals surface area contributed by atoms with Gasteiger partial charge in [-0.3, -0.25) is 4.79 Å². The van der Waals surface area contributed by atoms with Gasteiger partial charge in [0, 0.05) is 51.0 Å². The number of alkyl halides is 3. The maximum absolute atomic E-state index is 14.8. The van der Waals surface area contributed by atoms with Crippen LogP contribution in [0, 0.1) is 12.7 Å². The zero-order valence-electron chi connectivity index (χ0n) is 16.7. The predicted octanol–water partition coefficient (Wildman–Crippen LogP) is 4.50. The summed E-state index contributed by atoms with van der Waals surface area (Å²) < 4.78 is 57.0. The lowest BCUT2D eigenvalue weighted by molar-refractivity contribution is -0.201. The summed E-state index contributed by atoms with van der Waals surface area (Å²) in [4.78, 5) is 27.5. The van der Waals surface area contributed by atoms with Gasteiger partial charge in [0.15, 0.2) is 0 Å². The fraction of sp³-hybridized carbons (Fsp3) is 0.238. The minimum atomic E-state index is -5.13. The van der Waals surface area contributed by atoms with E-state index in [1.165, 1.54) is 30.1 Å². The molecule has 1 amide bonds. The molecule has 0 saturated heterocycles. The summed E-state index contributed by atoms with van der Waals surface area (Å²) in [5.74, 6) is -2.80. The van der Waals surface area contributed by atoms with Crippen LogP contribution >= 0.6 is 11.8 Å². The minimum absolute atomic E-state index is 0.192. The number of thioether (sulfide) groups is 1. The van der Waals surface area contributed by atoms with E-state index in [1.54, 1.807) is 13.0 Å². The number of carbonyl (C=O) groups excluding carboxylic acids is 2. The van der Waals surface area contributed by atoms with E-state index in [-0.39, 0.29) is 16.5 Å². The van der Waals surface area contributed by atoms with E-state index in [1.807, 2.05) is 0 Å². The Balaban J connectivity index is 1.89. The van der Waals surface area contributed by atoms with Crippen molar-refractivity contribution in [3.05, 3.63) is 46.9 Å². The molecular weight excluding hydrogens is 450 g/mol. The van der Waals surface area contributed by atoms with Gasteiger partial charge >= 0.3 is 12.1 Å². The van der Waals surface area contributed by atoms with Crippen LogP contribution in [0.3, 0.4) is 0 Å². The van der Waals surface area contributed by atoms with Crippen LogP contribution in [-0.4, -0.2) is 35.3 Å². The Morgan fingerprint density at radius 2 is 2.00 bits per heavy atom. The van der Waals surface area contributed by atoms with Crippen LogP contribution in [-0.2, 0) is 16.1 Å². The van der Waals surface area contributed by atoms with Gasteiger partial charge in [0.25, 0.3) is 5.91 Å². The van der Waals surface area contributed by atoms with Crippen molar-refractivity contribution in [2.45, 2.75) is 24.6 Å². The number of rotatable bonds is 6. The smallest absolute Gasteiger partial charge is 0.454 e. The highest BCUT2D eigenvalue weighted by Crippen LogP contribution is 2.45. The fourth-order valence-electron chi connectivity index (χ4n) is 3.69. The monoisotopic (exact) mass is 467 g/mol. The highest BCUT2D eigenvalue weighted by atomic mass is 32.2. The third-order valence-electron chi connectivity index (χ3n) is 5.11. The number of nitrogens with one attached hydrogen (secondary N) is 2. The Morgan fingerprint density at radius 3 is 2.69 bits per heavy atom. The summed E-state index contributed by atoms with van der Waals surface area (Å²) in [7, 11) is 0. The second-order valence-corrected chi connectivity index (χ2v) is 8.27. The number of ether oxygens (including phenoxy) is 1. The van der Waals surface area contributed by atoms with Crippen molar-refractivity contribution in [2.75, 3.05) is 17.6 Å². The van der Waals surface area contributed by atoms with Crippen LogP contribution in [0.1, 0.15) is 21.5 Å². The van der Waals surface area contributed by atoms with E-state index in [4.69, 9.17) is 5.73 Å². The summed E-state index contributed by atoms with van der Waals surface area (Å²) in [6, 6.07) is 4.33. The molecule has 6 nitrogen and oxygen atoms in total. The lowest BCUT2D eigenvalue weighted by Gasteiger charge is -2.14. The number of hydrogen-bond donors (Lipinski definition) is 3. The molecule has 0 radical (unpaired) electrons. The largest absolute Gasteiger partial charge is 0.490 e. The molecule has 0 fully saturated rings. The van der Waals surface area contributed by atoms with Crippen molar-refractivity contribution < 1.29 is 31.9 Å². The van der Waals surface area contributed by atoms with Crippen LogP contribution in [0.25, 0.3) is 22.0 Å². The lowest BCUT2D eigenvalue weighted by atomic mass is 9.95. The molecule has 4 rings (SSSR count). The summed E-state index contributed by atoms with van der Waals surface area (Å²) in [5.41, 5.74) is 7.74. The van der Waals surface area contributed by atoms with Gasteiger partial charge in [0.1, 0.15) is 12.4 Å². The first kappa shape index (κ1) is 22.2. The van der Waals surface area contributed by atoms with Gasteiger partial charge in [-0.2, -0.15) is 13.2 Å². The first-order valence-corrected chi connectivity index (χ1v) is 10.5. The van der Waals surface area contributed by atoms with E-state index >= 15 is 0 Å². The number of aromatic nitrogens is 1. The number of nitrogens with two attached hydrogens (primary N) is 1. The number of benzene rings is 2. The standard InChI is InChI=1S/C21H17F4N3O3S/c1-9-7-27-18(11(9)8-31-20(30)21(23,24)25)10-6-14(32-5-4-26)16-12(22)2-3-13-17(16)15(10)19(29)28-13/h2-3,6-7,27H,4-5,8,26H2,1H3,(H,28,29). The third kappa shape index (κ3) is 3.71. The number of carbonyl (C=O) groups is 2. The molecule has 0 bridgehead atoms. The maximum Gasteiger partial charge on any atom is 0.490 e. The lowest BCUT2D eigenvalue weighted by Crippen LogP contribution is -2.25. The van der Waals surface area contributed by atoms with Crippen molar-refractivity contribution in [1.82, 2.24) is 4.98 Å². The van der Waals surface area contributed by atoms with E-state index < -0.39 is 30.5 Å². The first-order valence-electron chi connectivity index (χ1n) is 9.48. The Kier molecular flexibility index (Phi) is 5.63. The molecule has 0 spiro atoms. The summed E-state index contributed by atoms with van der Waals surface area (Å²) in [6.07, 6.45) is -3.59. The van der Waals surface area contributed by atoms with Gasteiger partial charge in [-0.05, 0) is 30.7 Å². The number of amides is 1. The van der Waals surface area contributed by atoms with Crippen molar-refractivity contribution >= 4 is 40.1 Å². The maximum atomic E-state index is 14.8. The molecule has 4 N–H and O–H groups in total. The predicted molar refractivity (Wildman–Crippen MR) is 112 cm³/mol. The summed E-state index contributed by atoms with van der Waals surface area (Å²) in [5, 5.41) is 3.36. The number of aryl methyl sites for hydroxylation is 1. The second kappa shape index (κ2) is 8.14. The van der Waals surface area contributed by atoms with Gasteiger partial charge in [0.05, 0.1) is 11.3 Å². The molecule has 1 aromatic heterocycles. The highest BCUT2D eigenvalue weighted by Gasteiger charge is 2.41. The van der Waals surface area contributed by atoms with E-state index in [2.05, 4.69) is 15.0 Å². The quantitative estimate of drug-likeness (QED) is 0.282. The molecule has 0 unspecified atom stereocenters. The molecule has 2 heterocycles. The Hall–Kier alpha value is -3.05. The first-order chi connectivity index (χ1) is 15.1. The van der Waals surface area contributed by atoms with Gasteiger partial charge in [-0.25, -0.2) is 9.18 Å². The van der Waals surface area contributed by atoms with Crippen LogP contribution in [0.5, 0.6) is 0 Å². The van der Waals surface area contributed by atoms with Crippen LogP contribution < -0.4 is 11.1 Å². The summed E-state index contributed by atoms with van der Waals surface area (Å²) in [6.45, 7) is 1.32. The van der Waals surface area contributed by atoms with Gasteiger partial charge in [-0.15, -0.1) is 11.8 Å². The highest BCUT2D eigenvalue weighted by molar-refractivity contribution is 7.99. The molecule has 168 valence electrons. The Labute approximate surface area is 183 Å². The molecule has 1 aliphatic rings. The van der Waals surface area contributed by atoms with Gasteiger partial charge < -0.3 is 20.8 Å². The molecule has 11 heteroatoms. The van der Waals surface area contributed by atoms with E-state index in [0.717, 1.165) is 0 Å². The van der Waals surface area contributed by atoms with Crippen molar-refractivity contribution in [3.8, 4) is 11.3 Å². The van der Waals surface area contributed by atoms with Crippen LogP contribution in [0.2, 0.25) is 0 Å². The van der Waals surface area contributed by atoms with E-state index in [0.29, 0.717) is 45.1 Å². The molecule has 0 aliphatic carbocycles. The number of aromatic amines is 1. The molecule has 1 aliphatic heterocycles. The number of anilines is 1. The second-order valence-electron chi connectivity index (χ2n) is 7.13. The topological polar surface area (TPSA) is 97.2 Å². The Bertz CT molecular complexity index is 1250. The SMILES string of the molecule is Cc1c[nH]c(-c2cc(SCCN)c3c(F)ccc4c3c2C(=O)N4)c1COC(=O)C(F)(F)F. The fourth-order valence-corrected chi connectivity index (χ4v) is 4.57. The zero-order chi connectivity index (χ0) is 23.2. The normalized spacial score (nSPS) is 13.0. The van der Waals surface area contributed by atoms with Crippen molar-refractivity contribution in [2.24, 2.45) is 5.73 Å². The van der Waals surface area contributed by atoms with Gasteiger partial charge in [0.2, 0.25) is 0 Å². The van der Waals surface area contributed by atoms with E-state index in [9.17, 15) is 27.2 Å². The molecule has 2 aromatic carbocycles. The number of halogens is 4. The van der Waals surface area contributed by atoms with Gasteiger partial charge in [-0.1, -0.05) is 0 Å². The molecular formula is C21H17F4N3O3S. The zero-order valence-corrected chi connectivity index (χ0v) is 17.5. The number of hydrogen-bond acceptors (Lipinski definition) is 5. The average Bonchev–Trinajstić information content (AvgIpc) is 3.27.